The minimum atomic E-state index is -4.40. The van der Waals surface area contributed by atoms with E-state index in [1.54, 1.807) is 0 Å². The number of hydrogen-bond donors (Lipinski definition) is 2. The molecule has 2 unspecified atom stereocenters. The molecule has 9 nitrogen and oxygen atoms in total. The Hall–Kier alpha value is -3.33. The van der Waals surface area contributed by atoms with Crippen LogP contribution in [0.4, 0.5) is 0 Å². The zero-order valence-electron chi connectivity index (χ0n) is 46.6. The lowest BCUT2D eigenvalue weighted by Gasteiger charge is -2.19. The molecule has 0 aliphatic rings. The second kappa shape index (κ2) is 57.9. The zero-order valence-corrected chi connectivity index (χ0v) is 47.5. The molecule has 0 spiro atoms. The summed E-state index contributed by atoms with van der Waals surface area (Å²) < 4.78 is 33.0. The van der Waals surface area contributed by atoms with Crippen LogP contribution >= 0.6 is 7.82 Å². The lowest BCUT2D eigenvalue weighted by Crippen LogP contribution is -2.29. The normalized spacial score (nSPS) is 13.9. The van der Waals surface area contributed by atoms with Crippen LogP contribution in [0.1, 0.15) is 245 Å². The monoisotopic (exact) mass is 1040 g/mol. The average molecular weight is 1040 g/mol. The first-order chi connectivity index (χ1) is 35.8. The summed E-state index contributed by atoms with van der Waals surface area (Å²) >= 11 is 0. The summed E-state index contributed by atoms with van der Waals surface area (Å²) in [5.41, 5.74) is 5.38. The Bertz CT molecular complexity index is 1560. The molecule has 0 aromatic heterocycles. The highest BCUT2D eigenvalue weighted by Gasteiger charge is 2.26. The van der Waals surface area contributed by atoms with Crippen molar-refractivity contribution in [1.82, 2.24) is 0 Å². The molecule has 3 N–H and O–H groups in total. The van der Waals surface area contributed by atoms with Crippen molar-refractivity contribution in [2.24, 2.45) is 5.73 Å². The molecule has 0 aromatic carbocycles. The Labute approximate surface area is 448 Å². The SMILES string of the molecule is CC/C=C\C/C=C\C/C=C\C/C=C\C/C=C\C/C=C\C/C=C\CCCCCCCCCCCC(=O)OC(COC(=O)CCCCCCCCCCC/C=C\C/C=C\CCCCCCC)COP(=O)(O)OCCN. The van der Waals surface area contributed by atoms with Gasteiger partial charge in [-0.1, -0.05) is 239 Å². The van der Waals surface area contributed by atoms with E-state index in [0.29, 0.717) is 6.42 Å². The van der Waals surface area contributed by atoms with Gasteiger partial charge < -0.3 is 20.1 Å². The maximum atomic E-state index is 12.7. The molecular weight excluding hydrogens is 930 g/mol. The van der Waals surface area contributed by atoms with Crippen LogP contribution in [-0.2, 0) is 32.7 Å². The number of rotatable bonds is 54. The van der Waals surface area contributed by atoms with Gasteiger partial charge in [0, 0.05) is 19.4 Å². The molecule has 0 saturated carbocycles. The summed E-state index contributed by atoms with van der Waals surface area (Å²) in [6, 6.07) is 0. The highest BCUT2D eigenvalue weighted by Crippen LogP contribution is 2.43. The van der Waals surface area contributed by atoms with E-state index in [9.17, 15) is 19.0 Å². The number of carbonyl (C=O) groups excluding carboxylic acids is 2. The third-order valence-corrected chi connectivity index (χ3v) is 13.1. The highest BCUT2D eigenvalue weighted by atomic mass is 31.2. The van der Waals surface area contributed by atoms with Gasteiger partial charge in [0.05, 0.1) is 13.2 Å². The van der Waals surface area contributed by atoms with Gasteiger partial charge in [0.25, 0.3) is 0 Å². The van der Waals surface area contributed by atoms with E-state index in [1.807, 2.05) is 0 Å². The highest BCUT2D eigenvalue weighted by molar-refractivity contribution is 7.47. The maximum Gasteiger partial charge on any atom is 0.472 e. The number of hydrogen-bond acceptors (Lipinski definition) is 8. The van der Waals surface area contributed by atoms with Crippen molar-refractivity contribution in [3.63, 3.8) is 0 Å². The van der Waals surface area contributed by atoms with Crippen LogP contribution in [0.15, 0.2) is 109 Å². The fraction of sp³-hybridized carbons (Fsp3) is 0.683. The third kappa shape index (κ3) is 57.8. The molecule has 0 aliphatic carbocycles. The second-order valence-electron chi connectivity index (χ2n) is 19.1. The van der Waals surface area contributed by atoms with Crippen molar-refractivity contribution in [2.75, 3.05) is 26.4 Å². The van der Waals surface area contributed by atoms with Crippen LogP contribution < -0.4 is 5.73 Å². The van der Waals surface area contributed by atoms with Gasteiger partial charge in [0.2, 0.25) is 0 Å². The van der Waals surface area contributed by atoms with Gasteiger partial charge in [0.15, 0.2) is 6.10 Å². The first-order valence-electron chi connectivity index (χ1n) is 29.4. The van der Waals surface area contributed by atoms with Gasteiger partial charge in [-0.3, -0.25) is 18.6 Å². The van der Waals surface area contributed by atoms with Gasteiger partial charge >= 0.3 is 19.8 Å². The average Bonchev–Trinajstić information content (AvgIpc) is 3.38. The molecule has 0 saturated heterocycles. The standard InChI is InChI=1S/C63H108NO8P/c1-3-5-7-9-11-13-15-17-19-21-23-25-26-27-28-29-30-31-32-33-34-36-38-40-42-44-46-48-50-52-54-56-63(66)72-61(60-71-73(67,68)70-58-57-64)59-69-62(65)55-53-51-49-47-45-43-41-39-37-35-24-22-20-18-16-14-12-10-8-6-4-2/h5,7,11,13,16-19,22-25,27-28,30-31,33-34,61H,3-4,6,8-10,12,14-15,20-21,26,29,32,35-60,64H2,1-2H3,(H,67,68)/b7-5-,13-11-,18-16-,19-17-,24-22-,25-23-,28-27-,31-30-,34-33-. The molecule has 2 atom stereocenters. The first kappa shape index (κ1) is 69.7. The molecule has 0 fully saturated rings. The Morgan fingerprint density at radius 1 is 0.425 bits per heavy atom. The minimum absolute atomic E-state index is 0.0467. The smallest absolute Gasteiger partial charge is 0.462 e. The zero-order chi connectivity index (χ0) is 53.1. The number of allylic oxidation sites excluding steroid dienone is 18. The molecule has 0 rings (SSSR count). The number of unbranched alkanes of at least 4 members (excludes halogenated alkanes) is 23. The number of esters is 2. The molecule has 0 aliphatic heterocycles. The molecule has 73 heavy (non-hydrogen) atoms. The van der Waals surface area contributed by atoms with E-state index in [1.165, 1.54) is 103 Å². The van der Waals surface area contributed by atoms with Gasteiger partial charge in [-0.2, -0.15) is 0 Å². The summed E-state index contributed by atoms with van der Waals surface area (Å²) in [4.78, 5) is 35.2. The van der Waals surface area contributed by atoms with Crippen molar-refractivity contribution in [3.8, 4) is 0 Å². The summed E-state index contributed by atoms with van der Waals surface area (Å²) in [6.45, 7) is 3.61. The van der Waals surface area contributed by atoms with Gasteiger partial charge in [-0.15, -0.1) is 0 Å². The van der Waals surface area contributed by atoms with E-state index in [2.05, 4.69) is 123 Å². The fourth-order valence-electron chi connectivity index (χ4n) is 7.82. The van der Waals surface area contributed by atoms with Gasteiger partial charge in [-0.25, -0.2) is 4.57 Å². The Balaban J connectivity index is 4.03. The van der Waals surface area contributed by atoms with Crippen LogP contribution in [-0.4, -0.2) is 49.3 Å². The Morgan fingerprint density at radius 3 is 1.12 bits per heavy atom. The number of carbonyl (C=O) groups is 2. The molecular formula is C63H108NO8P. The quantitative estimate of drug-likeness (QED) is 0.0264. The van der Waals surface area contributed by atoms with Crippen molar-refractivity contribution in [2.45, 2.75) is 251 Å². The van der Waals surface area contributed by atoms with E-state index in [0.717, 1.165) is 109 Å². The Morgan fingerprint density at radius 2 is 0.753 bits per heavy atom. The minimum Gasteiger partial charge on any atom is -0.462 e. The number of nitrogens with two attached hydrogens (primary N) is 1. The molecule has 0 bridgehead atoms. The molecule has 10 heteroatoms. The van der Waals surface area contributed by atoms with Crippen molar-refractivity contribution in [1.29, 1.82) is 0 Å². The van der Waals surface area contributed by atoms with Crippen molar-refractivity contribution >= 4 is 19.8 Å². The van der Waals surface area contributed by atoms with Gasteiger partial charge in [-0.05, 0) is 103 Å². The van der Waals surface area contributed by atoms with Crippen LogP contribution in [0, 0.1) is 0 Å². The molecule has 0 radical (unpaired) electrons. The lowest BCUT2D eigenvalue weighted by molar-refractivity contribution is -0.161. The van der Waals surface area contributed by atoms with E-state index in [4.69, 9.17) is 24.3 Å². The summed E-state index contributed by atoms with van der Waals surface area (Å²) in [7, 11) is -4.40. The second-order valence-corrected chi connectivity index (χ2v) is 20.6. The largest absolute Gasteiger partial charge is 0.472 e. The molecule has 418 valence electrons. The van der Waals surface area contributed by atoms with Gasteiger partial charge in [0.1, 0.15) is 6.61 Å². The topological polar surface area (TPSA) is 134 Å². The molecule has 0 heterocycles. The van der Waals surface area contributed by atoms with Crippen molar-refractivity contribution < 1.29 is 37.6 Å². The number of phosphoric acid groups is 1. The van der Waals surface area contributed by atoms with Crippen molar-refractivity contribution in [3.05, 3.63) is 109 Å². The van der Waals surface area contributed by atoms with Crippen LogP contribution in [0.3, 0.4) is 0 Å². The third-order valence-electron chi connectivity index (χ3n) is 12.1. The predicted octanol–water partition coefficient (Wildman–Crippen LogP) is 18.6. The first-order valence-corrected chi connectivity index (χ1v) is 30.9. The number of ether oxygens (including phenoxy) is 2. The number of phosphoric ester groups is 1. The molecule has 0 aromatic rings. The summed E-state index contributed by atoms with van der Waals surface area (Å²) in [5, 5.41) is 0. The molecule has 0 amide bonds. The predicted molar refractivity (Wildman–Crippen MR) is 311 cm³/mol. The fourth-order valence-corrected chi connectivity index (χ4v) is 8.59. The Kier molecular flexibility index (Phi) is 55.3. The van der Waals surface area contributed by atoms with E-state index >= 15 is 0 Å². The summed E-state index contributed by atoms with van der Waals surface area (Å²) in [5.74, 6) is -0.842. The van der Waals surface area contributed by atoms with Crippen LogP contribution in [0.2, 0.25) is 0 Å². The van der Waals surface area contributed by atoms with E-state index < -0.39 is 26.5 Å². The van der Waals surface area contributed by atoms with E-state index in [-0.39, 0.29) is 38.6 Å². The van der Waals surface area contributed by atoms with Crippen LogP contribution in [0.5, 0.6) is 0 Å². The summed E-state index contributed by atoms with van der Waals surface area (Å²) in [6.07, 6.45) is 78.5. The lowest BCUT2D eigenvalue weighted by atomic mass is 10.1. The van der Waals surface area contributed by atoms with Crippen LogP contribution in [0.25, 0.3) is 0 Å². The maximum absolute atomic E-state index is 12.7.